The van der Waals surface area contributed by atoms with Gasteiger partial charge in [-0.1, -0.05) is 0 Å². The molecule has 1 fully saturated rings. The maximum Gasteiger partial charge on any atom is 0.387 e. The number of nitrogens with one attached hydrogen (secondary N) is 1. The molecule has 1 aliphatic rings. The topological polar surface area (TPSA) is 74.9 Å². The summed E-state index contributed by atoms with van der Waals surface area (Å²) in [6.07, 6.45) is 3.65. The SMILES string of the molecule is Cc1cc(F)c(-c2nnc(N[C@@H]3CCCN(CC(C)(C)O)C3)n3cccc23)c(OC(F)F)c1. The molecule has 1 aromatic carbocycles. The molecule has 2 N–H and O–H groups in total. The Kier molecular flexibility index (Phi) is 6.49. The van der Waals surface area contributed by atoms with Crippen molar-refractivity contribution < 1.29 is 23.0 Å². The van der Waals surface area contributed by atoms with Gasteiger partial charge in [-0.3, -0.25) is 9.30 Å². The predicted octanol–water partition coefficient (Wildman–Crippen LogP) is 4.09. The van der Waals surface area contributed by atoms with E-state index in [-0.39, 0.29) is 23.0 Å². The Morgan fingerprint density at radius 3 is 2.82 bits per heavy atom. The lowest BCUT2D eigenvalue weighted by molar-refractivity contribution is -0.0496. The Balaban J connectivity index is 1.65. The summed E-state index contributed by atoms with van der Waals surface area (Å²) in [6, 6.07) is 6.18. The van der Waals surface area contributed by atoms with Crippen molar-refractivity contribution >= 4 is 11.5 Å². The van der Waals surface area contributed by atoms with Crippen LogP contribution in [0.3, 0.4) is 0 Å². The minimum absolute atomic E-state index is 0.0840. The quantitative estimate of drug-likeness (QED) is 0.550. The minimum atomic E-state index is -3.10. The van der Waals surface area contributed by atoms with E-state index < -0.39 is 18.0 Å². The van der Waals surface area contributed by atoms with Gasteiger partial charge in [-0.15, -0.1) is 10.2 Å². The summed E-state index contributed by atoms with van der Waals surface area (Å²) in [5.74, 6) is -0.522. The zero-order chi connectivity index (χ0) is 23.8. The minimum Gasteiger partial charge on any atom is -0.434 e. The van der Waals surface area contributed by atoms with E-state index in [1.165, 1.54) is 12.1 Å². The summed E-state index contributed by atoms with van der Waals surface area (Å²) in [4.78, 5) is 2.20. The highest BCUT2D eigenvalue weighted by atomic mass is 19.3. The standard InChI is InChI=1S/C23H28F3N5O2/c1-14-10-16(24)19(18(11-14)33-21(25)26)20-17-7-5-9-31(17)22(29-28-20)27-15-6-4-8-30(12-15)13-23(2,3)32/h5,7,9-11,15,21,32H,4,6,8,12-13H2,1-3H3,(H,27,29)/t15-/m1/s1. The third-order valence-corrected chi connectivity index (χ3v) is 5.56. The zero-order valence-electron chi connectivity index (χ0n) is 18.9. The summed E-state index contributed by atoms with van der Waals surface area (Å²) in [5.41, 5.74) is 0.146. The lowest BCUT2D eigenvalue weighted by Gasteiger charge is -2.36. The third kappa shape index (κ3) is 5.39. The van der Waals surface area contributed by atoms with E-state index in [1.807, 2.05) is 0 Å². The van der Waals surface area contributed by atoms with Crippen molar-refractivity contribution in [2.45, 2.75) is 51.9 Å². The number of aromatic nitrogens is 3. The van der Waals surface area contributed by atoms with Gasteiger partial charge in [0.15, 0.2) is 0 Å². The monoisotopic (exact) mass is 463 g/mol. The number of alkyl halides is 2. The van der Waals surface area contributed by atoms with Crippen LogP contribution in [0.4, 0.5) is 19.1 Å². The Labute approximate surface area is 190 Å². The molecular formula is C23H28F3N5O2. The van der Waals surface area contributed by atoms with Crippen molar-refractivity contribution in [1.29, 1.82) is 0 Å². The fourth-order valence-electron chi connectivity index (χ4n) is 4.41. The molecule has 10 heteroatoms. The molecule has 7 nitrogen and oxygen atoms in total. The number of piperidine rings is 1. The molecule has 178 valence electrons. The first-order valence-corrected chi connectivity index (χ1v) is 10.9. The number of benzene rings is 1. The van der Waals surface area contributed by atoms with Crippen LogP contribution in [0.5, 0.6) is 5.75 Å². The lowest BCUT2D eigenvalue weighted by atomic mass is 10.0. The van der Waals surface area contributed by atoms with E-state index in [4.69, 9.17) is 0 Å². The summed E-state index contributed by atoms with van der Waals surface area (Å²) in [6.45, 7) is 4.28. The molecular weight excluding hydrogens is 435 g/mol. The molecule has 33 heavy (non-hydrogen) atoms. The van der Waals surface area contributed by atoms with Crippen LogP contribution in [0.2, 0.25) is 0 Å². The summed E-state index contributed by atoms with van der Waals surface area (Å²) in [5, 5.41) is 22.0. The van der Waals surface area contributed by atoms with Crippen LogP contribution < -0.4 is 10.1 Å². The number of anilines is 1. The smallest absolute Gasteiger partial charge is 0.387 e. The van der Waals surface area contributed by atoms with Crippen LogP contribution in [-0.4, -0.2) is 62.5 Å². The fraction of sp³-hybridized carbons (Fsp3) is 0.478. The van der Waals surface area contributed by atoms with Gasteiger partial charge in [-0.25, -0.2) is 4.39 Å². The number of β-amino-alcohol motifs (C(OH)–C–C–N with tert-alkyl or cyclic N) is 1. The molecule has 0 radical (unpaired) electrons. The lowest BCUT2D eigenvalue weighted by Crippen LogP contribution is -2.47. The van der Waals surface area contributed by atoms with Crippen molar-refractivity contribution in [1.82, 2.24) is 19.5 Å². The highest BCUT2D eigenvalue weighted by Gasteiger charge is 2.26. The first kappa shape index (κ1) is 23.3. The Bertz CT molecular complexity index is 1130. The molecule has 2 aromatic heterocycles. The van der Waals surface area contributed by atoms with Crippen LogP contribution in [0.1, 0.15) is 32.3 Å². The Morgan fingerprint density at radius 1 is 1.30 bits per heavy atom. The number of ether oxygens (including phenoxy) is 1. The second kappa shape index (κ2) is 9.18. The Morgan fingerprint density at radius 2 is 2.09 bits per heavy atom. The molecule has 4 rings (SSSR count). The second-order valence-corrected chi connectivity index (χ2v) is 9.17. The van der Waals surface area contributed by atoms with Crippen molar-refractivity contribution in [2.24, 2.45) is 0 Å². The number of hydrogen-bond acceptors (Lipinski definition) is 6. The van der Waals surface area contributed by atoms with E-state index in [0.29, 0.717) is 23.6 Å². The molecule has 0 aliphatic carbocycles. The van der Waals surface area contributed by atoms with Crippen LogP contribution >= 0.6 is 0 Å². The molecule has 0 saturated carbocycles. The molecule has 0 bridgehead atoms. The zero-order valence-corrected chi connectivity index (χ0v) is 18.9. The van der Waals surface area contributed by atoms with E-state index in [0.717, 1.165) is 25.9 Å². The molecule has 3 aromatic rings. The number of hydrogen-bond donors (Lipinski definition) is 2. The van der Waals surface area contributed by atoms with Gasteiger partial charge in [-0.05, 0) is 70.0 Å². The summed E-state index contributed by atoms with van der Waals surface area (Å²) >= 11 is 0. The first-order valence-electron chi connectivity index (χ1n) is 10.9. The number of halogens is 3. The molecule has 0 spiro atoms. The highest BCUT2D eigenvalue weighted by molar-refractivity contribution is 5.82. The van der Waals surface area contributed by atoms with Gasteiger partial charge in [0, 0.05) is 25.3 Å². The first-order chi connectivity index (χ1) is 15.6. The van der Waals surface area contributed by atoms with Crippen molar-refractivity contribution in [3.8, 4) is 17.0 Å². The van der Waals surface area contributed by atoms with Gasteiger partial charge in [0.05, 0.1) is 16.7 Å². The molecule has 0 unspecified atom stereocenters. The van der Waals surface area contributed by atoms with E-state index >= 15 is 0 Å². The number of likely N-dealkylation sites (tertiary alicyclic amines) is 1. The van der Waals surface area contributed by atoms with Gasteiger partial charge in [0.2, 0.25) is 5.95 Å². The van der Waals surface area contributed by atoms with Crippen molar-refractivity contribution in [3.05, 3.63) is 41.8 Å². The number of fused-ring (bicyclic) bond motifs is 1. The van der Waals surface area contributed by atoms with E-state index in [9.17, 15) is 18.3 Å². The van der Waals surface area contributed by atoms with Gasteiger partial charge in [0.1, 0.15) is 17.3 Å². The van der Waals surface area contributed by atoms with Gasteiger partial charge in [-0.2, -0.15) is 8.78 Å². The predicted molar refractivity (Wildman–Crippen MR) is 119 cm³/mol. The largest absolute Gasteiger partial charge is 0.434 e. The van der Waals surface area contributed by atoms with Crippen LogP contribution in [-0.2, 0) is 0 Å². The molecule has 1 aliphatic heterocycles. The average Bonchev–Trinajstić information content (AvgIpc) is 3.18. The molecule has 3 heterocycles. The third-order valence-electron chi connectivity index (χ3n) is 5.56. The number of nitrogens with zero attached hydrogens (tertiary/aromatic N) is 4. The van der Waals surface area contributed by atoms with Gasteiger partial charge < -0.3 is 15.2 Å². The van der Waals surface area contributed by atoms with E-state index in [1.54, 1.807) is 43.5 Å². The van der Waals surface area contributed by atoms with Crippen molar-refractivity contribution in [2.75, 3.05) is 25.0 Å². The van der Waals surface area contributed by atoms with Crippen LogP contribution in [0.15, 0.2) is 30.5 Å². The maximum atomic E-state index is 14.9. The normalized spacial score (nSPS) is 17.6. The number of aryl methyl sites for hydroxylation is 1. The van der Waals surface area contributed by atoms with Crippen molar-refractivity contribution in [3.63, 3.8) is 0 Å². The van der Waals surface area contributed by atoms with Gasteiger partial charge >= 0.3 is 6.61 Å². The fourth-order valence-corrected chi connectivity index (χ4v) is 4.41. The molecule has 1 atom stereocenters. The molecule has 0 amide bonds. The maximum absolute atomic E-state index is 14.9. The number of rotatable bonds is 7. The van der Waals surface area contributed by atoms with E-state index in [2.05, 4.69) is 25.2 Å². The molecule has 1 saturated heterocycles. The highest BCUT2D eigenvalue weighted by Crippen LogP contribution is 2.36. The van der Waals surface area contributed by atoms with Crippen LogP contribution in [0.25, 0.3) is 16.8 Å². The average molecular weight is 464 g/mol. The second-order valence-electron chi connectivity index (χ2n) is 9.17. The Hall–Kier alpha value is -2.85. The summed E-state index contributed by atoms with van der Waals surface area (Å²) in [7, 11) is 0. The van der Waals surface area contributed by atoms with Gasteiger partial charge in [0.25, 0.3) is 0 Å². The van der Waals surface area contributed by atoms with Crippen LogP contribution in [0, 0.1) is 12.7 Å². The number of aliphatic hydroxyl groups is 1. The summed E-state index contributed by atoms with van der Waals surface area (Å²) < 4.78 is 47.2.